The fraction of sp³-hybridized carbons (Fsp3) is 0.0588. The Hall–Kier alpha value is -2.91. The second-order valence-electron chi connectivity index (χ2n) is 5.60. The summed E-state index contributed by atoms with van der Waals surface area (Å²) >= 11 is 12.0. The molecule has 0 atom stereocenters. The predicted octanol–water partition coefficient (Wildman–Crippen LogP) is 4.76. The molecule has 1 aromatic carbocycles. The summed E-state index contributed by atoms with van der Waals surface area (Å²) in [6, 6.07) is 7.93. The molecule has 6 nitrogen and oxygen atoms in total. The van der Waals surface area contributed by atoms with E-state index in [1.54, 1.807) is 0 Å². The topological polar surface area (TPSA) is 73.8 Å². The number of halogens is 5. The summed E-state index contributed by atoms with van der Waals surface area (Å²) in [6.45, 7) is 0. The second kappa shape index (κ2) is 6.61. The van der Waals surface area contributed by atoms with E-state index in [9.17, 15) is 18.0 Å². The van der Waals surface area contributed by atoms with E-state index >= 15 is 0 Å². The van der Waals surface area contributed by atoms with Gasteiger partial charge in [0.15, 0.2) is 11.5 Å². The minimum atomic E-state index is -4.75. The maximum atomic E-state index is 13.2. The number of hydrogen-bond acceptors (Lipinski definition) is 5. The molecule has 0 aliphatic carbocycles. The van der Waals surface area contributed by atoms with Crippen molar-refractivity contribution >= 4 is 34.1 Å². The van der Waals surface area contributed by atoms with Gasteiger partial charge in [0.25, 0.3) is 0 Å². The van der Waals surface area contributed by atoms with Crippen molar-refractivity contribution in [3.63, 3.8) is 0 Å². The zero-order valence-electron chi connectivity index (χ0n) is 13.5. The molecule has 0 radical (unpaired) electrons. The molecule has 0 unspecified atom stereocenters. The van der Waals surface area contributed by atoms with Crippen LogP contribution in [0.2, 0.25) is 10.0 Å². The van der Waals surface area contributed by atoms with E-state index < -0.39 is 17.5 Å². The molecule has 4 rings (SSSR count). The van der Waals surface area contributed by atoms with Gasteiger partial charge in [0.1, 0.15) is 5.69 Å². The van der Waals surface area contributed by atoms with E-state index in [1.165, 1.54) is 36.5 Å². The normalized spacial score (nSPS) is 11.9. The van der Waals surface area contributed by atoms with Gasteiger partial charge in [-0.05, 0) is 30.3 Å². The summed E-state index contributed by atoms with van der Waals surface area (Å²) in [5.41, 5.74) is -2.09. The lowest BCUT2D eigenvalue weighted by Crippen LogP contribution is -2.09. The number of rotatable bonds is 2. The van der Waals surface area contributed by atoms with E-state index in [1.807, 2.05) is 0 Å². The molecule has 0 fully saturated rings. The number of pyridine rings is 1. The number of benzene rings is 1. The van der Waals surface area contributed by atoms with Crippen LogP contribution in [-0.4, -0.2) is 19.7 Å². The van der Waals surface area contributed by atoms with Gasteiger partial charge in [-0.3, -0.25) is 0 Å². The van der Waals surface area contributed by atoms with Crippen molar-refractivity contribution < 1.29 is 17.6 Å². The molecule has 3 heterocycles. The predicted molar refractivity (Wildman–Crippen MR) is 95.7 cm³/mol. The van der Waals surface area contributed by atoms with Gasteiger partial charge >= 0.3 is 11.8 Å². The van der Waals surface area contributed by atoms with Crippen LogP contribution in [0.5, 0.6) is 0 Å². The Kier molecular flexibility index (Phi) is 4.35. The highest BCUT2D eigenvalue weighted by molar-refractivity contribution is 6.32. The summed E-state index contributed by atoms with van der Waals surface area (Å²) in [5, 5.41) is 4.01. The van der Waals surface area contributed by atoms with Gasteiger partial charge < -0.3 is 4.42 Å². The Balaban J connectivity index is 2.02. The number of aromatic nitrogens is 4. The van der Waals surface area contributed by atoms with E-state index in [0.717, 1.165) is 4.68 Å². The van der Waals surface area contributed by atoms with E-state index in [0.29, 0.717) is 11.1 Å². The molecule has 0 spiro atoms. The largest absolute Gasteiger partial charge is 0.435 e. The standard InChI is InChI=1S/C17H7Cl2F3N4O2/c18-8-3-4-9-11(6-8)24-15(28-16(9)27)12-7-13(17(20,21)22)25-26(12)14-10(19)2-1-5-23-14/h1-7H. The van der Waals surface area contributed by atoms with Crippen LogP contribution in [0.4, 0.5) is 13.2 Å². The van der Waals surface area contributed by atoms with Crippen molar-refractivity contribution in [1.82, 2.24) is 19.7 Å². The van der Waals surface area contributed by atoms with Gasteiger partial charge in [0.05, 0.1) is 15.9 Å². The average Bonchev–Trinajstić information content (AvgIpc) is 3.07. The maximum Gasteiger partial charge on any atom is 0.435 e. The molecular formula is C17H7Cl2F3N4O2. The van der Waals surface area contributed by atoms with Crippen molar-refractivity contribution in [2.75, 3.05) is 0 Å². The molecule has 0 amide bonds. The minimum absolute atomic E-state index is 0.0479. The quantitative estimate of drug-likeness (QED) is 0.461. The minimum Gasteiger partial charge on any atom is -0.401 e. The molecule has 4 aromatic rings. The second-order valence-corrected chi connectivity index (χ2v) is 6.44. The number of fused-ring (bicyclic) bond motifs is 1. The Labute approximate surface area is 164 Å². The first-order valence-electron chi connectivity index (χ1n) is 7.63. The Bertz CT molecular complexity index is 1270. The zero-order valence-corrected chi connectivity index (χ0v) is 15.0. The van der Waals surface area contributed by atoms with Crippen LogP contribution in [0.1, 0.15) is 5.69 Å². The molecule has 28 heavy (non-hydrogen) atoms. The average molecular weight is 427 g/mol. The highest BCUT2D eigenvalue weighted by Gasteiger charge is 2.36. The molecule has 3 aromatic heterocycles. The third kappa shape index (κ3) is 3.23. The molecule has 0 bridgehead atoms. The monoisotopic (exact) mass is 426 g/mol. The Morgan fingerprint density at radius 3 is 2.61 bits per heavy atom. The van der Waals surface area contributed by atoms with Gasteiger partial charge in [-0.15, -0.1) is 0 Å². The van der Waals surface area contributed by atoms with Gasteiger partial charge in [0.2, 0.25) is 5.89 Å². The van der Waals surface area contributed by atoms with E-state index in [4.69, 9.17) is 27.6 Å². The first-order chi connectivity index (χ1) is 13.2. The third-order valence-corrected chi connectivity index (χ3v) is 4.28. The molecule has 142 valence electrons. The van der Waals surface area contributed by atoms with Gasteiger partial charge in [0, 0.05) is 17.3 Å². The summed E-state index contributed by atoms with van der Waals surface area (Å²) in [5.74, 6) is -0.463. The molecule has 0 saturated heterocycles. The maximum absolute atomic E-state index is 13.2. The Morgan fingerprint density at radius 1 is 1.11 bits per heavy atom. The van der Waals surface area contributed by atoms with Crippen LogP contribution >= 0.6 is 23.2 Å². The summed E-state index contributed by atoms with van der Waals surface area (Å²) in [7, 11) is 0. The number of nitrogens with zero attached hydrogens (tertiary/aromatic N) is 4. The number of hydrogen-bond donors (Lipinski definition) is 0. The van der Waals surface area contributed by atoms with Gasteiger partial charge in [-0.25, -0.2) is 19.4 Å². The SMILES string of the molecule is O=c1oc(-c2cc(C(F)(F)F)nn2-c2ncccc2Cl)nc2cc(Cl)ccc12. The van der Waals surface area contributed by atoms with E-state index in [2.05, 4.69) is 15.1 Å². The summed E-state index contributed by atoms with van der Waals surface area (Å²) < 4.78 is 45.7. The van der Waals surface area contributed by atoms with Crippen LogP contribution < -0.4 is 5.63 Å². The zero-order chi connectivity index (χ0) is 20.1. The van der Waals surface area contributed by atoms with E-state index in [-0.39, 0.29) is 33.3 Å². The lowest BCUT2D eigenvalue weighted by Gasteiger charge is -2.07. The van der Waals surface area contributed by atoms with Crippen LogP contribution in [-0.2, 0) is 6.18 Å². The van der Waals surface area contributed by atoms with Gasteiger partial charge in [-0.2, -0.15) is 18.3 Å². The van der Waals surface area contributed by atoms with Gasteiger partial charge in [-0.1, -0.05) is 23.2 Å². The first-order valence-corrected chi connectivity index (χ1v) is 8.38. The van der Waals surface area contributed by atoms with Crippen LogP contribution in [0, 0.1) is 0 Å². The smallest absolute Gasteiger partial charge is 0.401 e. The highest BCUT2D eigenvalue weighted by Crippen LogP contribution is 2.33. The molecule has 0 aliphatic heterocycles. The summed E-state index contributed by atoms with van der Waals surface area (Å²) in [4.78, 5) is 20.3. The summed E-state index contributed by atoms with van der Waals surface area (Å²) in [6.07, 6.45) is -3.41. The Morgan fingerprint density at radius 2 is 1.89 bits per heavy atom. The molecule has 0 N–H and O–H groups in total. The molecule has 0 saturated carbocycles. The first kappa shape index (κ1) is 18.5. The lowest BCUT2D eigenvalue weighted by molar-refractivity contribution is -0.141. The highest BCUT2D eigenvalue weighted by atomic mass is 35.5. The van der Waals surface area contributed by atoms with Crippen LogP contribution in [0.25, 0.3) is 28.3 Å². The van der Waals surface area contributed by atoms with Crippen LogP contribution in [0.15, 0.2) is 51.8 Å². The third-order valence-electron chi connectivity index (χ3n) is 3.75. The van der Waals surface area contributed by atoms with Crippen LogP contribution in [0.3, 0.4) is 0 Å². The lowest BCUT2D eigenvalue weighted by atomic mass is 10.2. The molecule has 0 aliphatic rings. The van der Waals surface area contributed by atoms with Crippen molar-refractivity contribution in [3.05, 3.63) is 68.8 Å². The van der Waals surface area contributed by atoms with Crippen molar-refractivity contribution in [3.8, 4) is 17.4 Å². The van der Waals surface area contributed by atoms with Crippen molar-refractivity contribution in [2.24, 2.45) is 0 Å². The fourth-order valence-electron chi connectivity index (χ4n) is 2.52. The molecular weight excluding hydrogens is 420 g/mol. The van der Waals surface area contributed by atoms with Crippen molar-refractivity contribution in [2.45, 2.75) is 6.18 Å². The van der Waals surface area contributed by atoms with Crippen molar-refractivity contribution in [1.29, 1.82) is 0 Å². The fourth-order valence-corrected chi connectivity index (χ4v) is 2.89. The molecule has 11 heteroatoms. The number of alkyl halides is 3.